The molecule has 0 spiro atoms. The van der Waals surface area contributed by atoms with Crippen LogP contribution in [0.15, 0.2) is 36.4 Å². The highest BCUT2D eigenvalue weighted by molar-refractivity contribution is 5.94. The summed E-state index contributed by atoms with van der Waals surface area (Å²) in [5.74, 6) is 0.107. The Hall–Kier alpha value is -2.24. The number of fused-ring (bicyclic) bond motifs is 1. The van der Waals surface area contributed by atoms with E-state index in [1.807, 2.05) is 4.90 Å². The molecule has 0 saturated heterocycles. The lowest BCUT2D eigenvalue weighted by Gasteiger charge is -2.39. The number of carbonyl (C=O) groups is 1. The summed E-state index contributed by atoms with van der Waals surface area (Å²) in [5.41, 5.74) is 11.4. The van der Waals surface area contributed by atoms with E-state index in [9.17, 15) is 4.79 Å². The summed E-state index contributed by atoms with van der Waals surface area (Å²) < 4.78 is 0. The monoisotopic (exact) mass is 350 g/mol. The summed E-state index contributed by atoms with van der Waals surface area (Å²) in [5, 5.41) is 0. The normalized spacial score (nSPS) is 21.6. The van der Waals surface area contributed by atoms with Crippen molar-refractivity contribution in [1.29, 1.82) is 0 Å². The number of nitrogens with two attached hydrogens (primary N) is 1. The third-order valence-corrected chi connectivity index (χ3v) is 5.64. The Kier molecular flexibility index (Phi) is 4.51. The number of pyridine rings is 1. The largest absolute Gasteiger partial charge is 0.328 e. The van der Waals surface area contributed by atoms with Crippen LogP contribution in [0, 0.1) is 0 Å². The number of hydrogen-bond acceptors (Lipinski definition) is 4. The first-order valence-corrected chi connectivity index (χ1v) is 9.34. The van der Waals surface area contributed by atoms with Crippen molar-refractivity contribution in [3.63, 3.8) is 0 Å². The zero-order chi connectivity index (χ0) is 18.3. The molecule has 26 heavy (non-hydrogen) atoms. The number of amides is 1. The Bertz CT molecular complexity index is 829. The van der Waals surface area contributed by atoms with Crippen molar-refractivity contribution in [3.05, 3.63) is 47.7 Å². The van der Waals surface area contributed by atoms with Crippen LogP contribution in [0.5, 0.6) is 0 Å². The average molecular weight is 350 g/mol. The number of rotatable bonds is 4. The fourth-order valence-corrected chi connectivity index (χ4v) is 3.99. The standard InChI is InChI=1S/C21H26N4O/c1-14(26)25-9-8-16-10-15(6-7-21(16)25)20-5-3-4-18(23-20)13-24(2)19-11-17(22)12-19/h3-7,10,17,19H,8-9,11-13,22H2,1-2H3. The van der Waals surface area contributed by atoms with E-state index < -0.39 is 0 Å². The molecule has 2 aromatic rings. The van der Waals surface area contributed by atoms with Crippen LogP contribution in [0.3, 0.4) is 0 Å². The Morgan fingerprint density at radius 1 is 1.31 bits per heavy atom. The highest BCUT2D eigenvalue weighted by atomic mass is 16.2. The van der Waals surface area contributed by atoms with Gasteiger partial charge in [0.15, 0.2) is 0 Å². The lowest BCUT2D eigenvalue weighted by molar-refractivity contribution is -0.116. The summed E-state index contributed by atoms with van der Waals surface area (Å²) in [7, 11) is 2.15. The van der Waals surface area contributed by atoms with Crippen molar-refractivity contribution in [3.8, 4) is 11.3 Å². The highest BCUT2D eigenvalue weighted by Crippen LogP contribution is 2.32. The van der Waals surface area contributed by atoms with Crippen molar-refractivity contribution in [1.82, 2.24) is 9.88 Å². The van der Waals surface area contributed by atoms with E-state index in [4.69, 9.17) is 10.7 Å². The van der Waals surface area contributed by atoms with Gasteiger partial charge in [0.25, 0.3) is 0 Å². The molecule has 136 valence electrons. The third-order valence-electron chi connectivity index (χ3n) is 5.64. The van der Waals surface area contributed by atoms with Crippen LogP contribution in [-0.4, -0.2) is 41.5 Å². The molecular formula is C21H26N4O. The van der Waals surface area contributed by atoms with E-state index >= 15 is 0 Å². The molecule has 0 radical (unpaired) electrons. The first-order valence-electron chi connectivity index (χ1n) is 9.34. The Morgan fingerprint density at radius 2 is 2.12 bits per heavy atom. The topological polar surface area (TPSA) is 62.5 Å². The second kappa shape index (κ2) is 6.82. The summed E-state index contributed by atoms with van der Waals surface area (Å²) in [6, 6.07) is 13.5. The molecule has 1 saturated carbocycles. The van der Waals surface area contributed by atoms with Gasteiger partial charge in [-0.05, 0) is 56.1 Å². The zero-order valence-electron chi connectivity index (χ0n) is 15.5. The molecule has 2 heterocycles. The van der Waals surface area contributed by atoms with Crippen molar-refractivity contribution in [2.75, 3.05) is 18.5 Å². The van der Waals surface area contributed by atoms with Gasteiger partial charge in [-0.2, -0.15) is 0 Å². The number of benzene rings is 1. The fourth-order valence-electron chi connectivity index (χ4n) is 3.99. The van der Waals surface area contributed by atoms with Gasteiger partial charge in [-0.1, -0.05) is 12.1 Å². The van der Waals surface area contributed by atoms with E-state index in [0.29, 0.717) is 12.1 Å². The van der Waals surface area contributed by atoms with E-state index in [0.717, 1.165) is 55.0 Å². The number of nitrogens with zero attached hydrogens (tertiary/aromatic N) is 3. The minimum Gasteiger partial charge on any atom is -0.328 e. The lowest BCUT2D eigenvalue weighted by atomic mass is 9.86. The molecule has 4 rings (SSSR count). The molecule has 0 unspecified atom stereocenters. The molecule has 1 amide bonds. The second-order valence-electron chi connectivity index (χ2n) is 7.58. The summed E-state index contributed by atoms with van der Waals surface area (Å²) >= 11 is 0. The maximum absolute atomic E-state index is 11.7. The number of aromatic nitrogens is 1. The van der Waals surface area contributed by atoms with Crippen LogP contribution in [0.1, 0.15) is 31.0 Å². The Balaban J connectivity index is 1.53. The molecule has 0 bridgehead atoms. The quantitative estimate of drug-likeness (QED) is 0.921. The molecule has 1 fully saturated rings. The fraction of sp³-hybridized carbons (Fsp3) is 0.429. The Morgan fingerprint density at radius 3 is 2.85 bits per heavy atom. The number of hydrogen-bond donors (Lipinski definition) is 1. The van der Waals surface area contributed by atoms with Crippen molar-refractivity contribution >= 4 is 11.6 Å². The lowest BCUT2D eigenvalue weighted by Crippen LogP contribution is -2.48. The van der Waals surface area contributed by atoms with Crippen LogP contribution in [0.4, 0.5) is 5.69 Å². The van der Waals surface area contributed by atoms with Gasteiger partial charge in [-0.25, -0.2) is 0 Å². The third kappa shape index (κ3) is 3.24. The molecular weight excluding hydrogens is 324 g/mol. The van der Waals surface area contributed by atoms with Crippen LogP contribution in [-0.2, 0) is 17.8 Å². The van der Waals surface area contributed by atoms with Crippen LogP contribution < -0.4 is 10.6 Å². The summed E-state index contributed by atoms with van der Waals surface area (Å²) in [6.07, 6.45) is 3.06. The first kappa shape index (κ1) is 17.2. The molecule has 5 heteroatoms. The number of carbonyl (C=O) groups excluding carboxylic acids is 1. The van der Waals surface area contributed by atoms with E-state index in [1.165, 1.54) is 5.56 Å². The highest BCUT2D eigenvalue weighted by Gasteiger charge is 2.29. The van der Waals surface area contributed by atoms with E-state index in [1.54, 1.807) is 6.92 Å². The number of anilines is 1. The molecule has 1 aliphatic carbocycles. The smallest absolute Gasteiger partial charge is 0.223 e. The minimum absolute atomic E-state index is 0.107. The molecule has 1 aromatic carbocycles. The SMILES string of the molecule is CC(=O)N1CCc2cc(-c3cccc(CN(C)C4CC(N)C4)n3)ccc21. The van der Waals surface area contributed by atoms with Crippen LogP contribution in [0.2, 0.25) is 0 Å². The first-order chi connectivity index (χ1) is 12.5. The van der Waals surface area contributed by atoms with Gasteiger partial charge in [-0.15, -0.1) is 0 Å². The van der Waals surface area contributed by atoms with Crippen LogP contribution >= 0.6 is 0 Å². The summed E-state index contributed by atoms with van der Waals surface area (Å²) in [4.78, 5) is 20.8. The maximum Gasteiger partial charge on any atom is 0.223 e. The summed E-state index contributed by atoms with van der Waals surface area (Å²) in [6.45, 7) is 3.24. The second-order valence-corrected chi connectivity index (χ2v) is 7.58. The van der Waals surface area contributed by atoms with Gasteiger partial charge in [0.2, 0.25) is 5.91 Å². The molecule has 0 atom stereocenters. The van der Waals surface area contributed by atoms with Gasteiger partial charge in [0.05, 0.1) is 11.4 Å². The van der Waals surface area contributed by atoms with Gasteiger partial charge < -0.3 is 10.6 Å². The molecule has 1 aliphatic heterocycles. The molecule has 1 aromatic heterocycles. The van der Waals surface area contributed by atoms with Gasteiger partial charge in [-0.3, -0.25) is 14.7 Å². The van der Waals surface area contributed by atoms with Crippen molar-refractivity contribution in [2.45, 2.75) is 44.8 Å². The van der Waals surface area contributed by atoms with Gasteiger partial charge >= 0.3 is 0 Å². The van der Waals surface area contributed by atoms with Crippen molar-refractivity contribution in [2.24, 2.45) is 5.73 Å². The predicted octanol–water partition coefficient (Wildman–Crippen LogP) is 2.58. The molecule has 2 aliphatic rings. The van der Waals surface area contributed by atoms with Gasteiger partial charge in [0.1, 0.15) is 0 Å². The van der Waals surface area contributed by atoms with E-state index in [2.05, 4.69) is 48.3 Å². The predicted molar refractivity (Wildman–Crippen MR) is 104 cm³/mol. The van der Waals surface area contributed by atoms with Crippen LogP contribution in [0.25, 0.3) is 11.3 Å². The molecule has 2 N–H and O–H groups in total. The minimum atomic E-state index is 0.107. The Labute approximate surface area is 154 Å². The van der Waals surface area contributed by atoms with E-state index in [-0.39, 0.29) is 5.91 Å². The maximum atomic E-state index is 11.7. The van der Waals surface area contributed by atoms with Gasteiger partial charge in [0, 0.05) is 43.3 Å². The average Bonchev–Trinajstić information content (AvgIpc) is 3.02. The van der Waals surface area contributed by atoms with Crippen molar-refractivity contribution < 1.29 is 4.79 Å². The molecule has 5 nitrogen and oxygen atoms in total. The zero-order valence-corrected chi connectivity index (χ0v) is 15.5.